The van der Waals surface area contributed by atoms with Gasteiger partial charge in [0, 0.05) is 17.8 Å². The van der Waals surface area contributed by atoms with Crippen LogP contribution in [0.1, 0.15) is 11.1 Å². The Labute approximate surface area is 75.7 Å². The molecule has 0 amide bonds. The molecule has 0 aromatic carbocycles. The van der Waals surface area contributed by atoms with E-state index in [-0.39, 0.29) is 0 Å². The number of rotatable bonds is 0. The summed E-state index contributed by atoms with van der Waals surface area (Å²) in [4.78, 5) is 8.18. The van der Waals surface area contributed by atoms with Gasteiger partial charge in [-0.05, 0) is 24.6 Å². The number of hydrogen-bond acceptors (Lipinski definition) is 3. The summed E-state index contributed by atoms with van der Waals surface area (Å²) in [6.45, 7) is 1.91. The molecule has 2 heterocycles. The monoisotopic (exact) mass is 169 g/mol. The summed E-state index contributed by atoms with van der Waals surface area (Å²) in [6.07, 6.45) is 3.26. The Bertz CT molecular complexity index is 497. The van der Waals surface area contributed by atoms with Gasteiger partial charge in [-0.3, -0.25) is 0 Å². The summed E-state index contributed by atoms with van der Waals surface area (Å²) in [6, 6.07) is 5.86. The number of aromatic nitrogens is 2. The van der Waals surface area contributed by atoms with E-state index in [4.69, 9.17) is 5.26 Å². The Hall–Kier alpha value is -1.95. The lowest BCUT2D eigenvalue weighted by atomic mass is 10.1. The number of nitrogens with zero attached hydrogens (tertiary/aromatic N) is 3. The summed E-state index contributed by atoms with van der Waals surface area (Å²) >= 11 is 0. The van der Waals surface area contributed by atoms with Gasteiger partial charge < -0.3 is 0 Å². The molecular formula is C10H7N3. The lowest BCUT2D eigenvalue weighted by molar-refractivity contribution is 1.25. The van der Waals surface area contributed by atoms with Crippen molar-refractivity contribution in [2.75, 3.05) is 0 Å². The second-order valence-electron chi connectivity index (χ2n) is 2.78. The summed E-state index contributed by atoms with van der Waals surface area (Å²) < 4.78 is 0. The van der Waals surface area contributed by atoms with E-state index in [9.17, 15) is 0 Å². The van der Waals surface area contributed by atoms with Crippen molar-refractivity contribution in [3.05, 3.63) is 35.7 Å². The average molecular weight is 169 g/mol. The fraction of sp³-hybridized carbons (Fsp3) is 0.100. The van der Waals surface area contributed by atoms with Crippen LogP contribution < -0.4 is 0 Å². The number of hydrogen-bond donors (Lipinski definition) is 0. The first-order chi connectivity index (χ1) is 6.33. The van der Waals surface area contributed by atoms with Crippen molar-refractivity contribution >= 4 is 11.0 Å². The van der Waals surface area contributed by atoms with Crippen LogP contribution in [-0.4, -0.2) is 9.97 Å². The lowest BCUT2D eigenvalue weighted by Gasteiger charge is -2.00. The maximum absolute atomic E-state index is 8.77. The Morgan fingerprint density at radius 1 is 1.38 bits per heavy atom. The third-order valence-electron chi connectivity index (χ3n) is 2.03. The van der Waals surface area contributed by atoms with Crippen LogP contribution in [0.5, 0.6) is 0 Å². The topological polar surface area (TPSA) is 49.6 Å². The second-order valence-corrected chi connectivity index (χ2v) is 2.78. The van der Waals surface area contributed by atoms with Gasteiger partial charge in [0.25, 0.3) is 0 Å². The van der Waals surface area contributed by atoms with Gasteiger partial charge >= 0.3 is 0 Å². The summed E-state index contributed by atoms with van der Waals surface area (Å²) in [5.74, 6) is 0. The summed E-state index contributed by atoms with van der Waals surface area (Å²) in [5, 5.41) is 9.71. The molecule has 0 unspecified atom stereocenters. The van der Waals surface area contributed by atoms with Gasteiger partial charge in [0.15, 0.2) is 5.65 Å². The Kier molecular flexibility index (Phi) is 1.67. The van der Waals surface area contributed by atoms with Crippen LogP contribution in [0.25, 0.3) is 11.0 Å². The van der Waals surface area contributed by atoms with Crippen molar-refractivity contribution < 1.29 is 0 Å². The molecule has 0 saturated heterocycles. The van der Waals surface area contributed by atoms with Gasteiger partial charge in [-0.1, -0.05) is 0 Å². The fourth-order valence-corrected chi connectivity index (χ4v) is 1.27. The summed E-state index contributed by atoms with van der Waals surface area (Å²) in [5.41, 5.74) is 2.25. The molecule has 0 aliphatic carbocycles. The van der Waals surface area contributed by atoms with Crippen molar-refractivity contribution in [3.63, 3.8) is 0 Å². The average Bonchev–Trinajstić information content (AvgIpc) is 2.19. The Morgan fingerprint density at radius 3 is 3.00 bits per heavy atom. The third kappa shape index (κ3) is 1.13. The van der Waals surface area contributed by atoms with E-state index in [1.807, 2.05) is 19.1 Å². The van der Waals surface area contributed by atoms with E-state index in [1.54, 1.807) is 12.4 Å². The first-order valence-electron chi connectivity index (χ1n) is 3.93. The van der Waals surface area contributed by atoms with Crippen molar-refractivity contribution in [1.29, 1.82) is 5.26 Å². The molecule has 3 heteroatoms. The molecule has 62 valence electrons. The number of aryl methyl sites for hydroxylation is 1. The molecular weight excluding hydrogens is 162 g/mol. The van der Waals surface area contributed by atoms with Crippen molar-refractivity contribution in [2.24, 2.45) is 0 Å². The van der Waals surface area contributed by atoms with E-state index in [1.165, 1.54) is 0 Å². The van der Waals surface area contributed by atoms with E-state index >= 15 is 0 Å². The zero-order chi connectivity index (χ0) is 9.26. The van der Waals surface area contributed by atoms with Gasteiger partial charge in [0.2, 0.25) is 0 Å². The molecule has 0 aliphatic rings. The Morgan fingerprint density at radius 2 is 2.23 bits per heavy atom. The number of pyridine rings is 2. The molecule has 2 aromatic heterocycles. The zero-order valence-electron chi connectivity index (χ0n) is 7.15. The van der Waals surface area contributed by atoms with Gasteiger partial charge in [0.05, 0.1) is 5.56 Å². The first kappa shape index (κ1) is 7.69. The van der Waals surface area contributed by atoms with Crippen LogP contribution in [0.15, 0.2) is 24.5 Å². The molecule has 3 nitrogen and oxygen atoms in total. The van der Waals surface area contributed by atoms with E-state index in [2.05, 4.69) is 16.0 Å². The molecule has 2 aromatic rings. The smallest absolute Gasteiger partial charge is 0.159 e. The predicted molar refractivity (Wildman–Crippen MR) is 49.0 cm³/mol. The standard InChI is InChI=1S/C10H7N3/c1-7-8(5-11)6-13-10-9(7)3-2-4-12-10/h2-4,6H,1H3. The normalized spacial score (nSPS) is 9.85. The van der Waals surface area contributed by atoms with Gasteiger partial charge in [-0.25, -0.2) is 9.97 Å². The molecule has 0 spiro atoms. The number of fused-ring (bicyclic) bond motifs is 1. The van der Waals surface area contributed by atoms with Gasteiger partial charge in [-0.2, -0.15) is 5.26 Å². The van der Waals surface area contributed by atoms with Crippen LogP contribution in [0.4, 0.5) is 0 Å². The van der Waals surface area contributed by atoms with Gasteiger partial charge in [-0.15, -0.1) is 0 Å². The molecule has 0 saturated carbocycles. The zero-order valence-corrected chi connectivity index (χ0v) is 7.15. The van der Waals surface area contributed by atoms with E-state index < -0.39 is 0 Å². The SMILES string of the molecule is Cc1c(C#N)cnc2ncccc12. The molecule has 0 aliphatic heterocycles. The highest BCUT2D eigenvalue weighted by atomic mass is 14.8. The molecule has 0 fully saturated rings. The predicted octanol–water partition coefficient (Wildman–Crippen LogP) is 1.81. The van der Waals surface area contributed by atoms with Crippen LogP contribution in [0.3, 0.4) is 0 Å². The molecule has 13 heavy (non-hydrogen) atoms. The van der Waals surface area contributed by atoms with Crippen LogP contribution >= 0.6 is 0 Å². The highest BCUT2D eigenvalue weighted by Crippen LogP contribution is 2.16. The second kappa shape index (κ2) is 2.83. The minimum atomic E-state index is 0.612. The van der Waals surface area contributed by atoms with Crippen molar-refractivity contribution in [3.8, 4) is 6.07 Å². The minimum absolute atomic E-state index is 0.612. The van der Waals surface area contributed by atoms with Crippen LogP contribution in [-0.2, 0) is 0 Å². The number of nitriles is 1. The lowest BCUT2D eigenvalue weighted by Crippen LogP contribution is -1.89. The molecule has 0 N–H and O–H groups in total. The maximum atomic E-state index is 8.77. The van der Waals surface area contributed by atoms with E-state index in [0.717, 1.165) is 10.9 Å². The largest absolute Gasteiger partial charge is 0.237 e. The van der Waals surface area contributed by atoms with E-state index in [0.29, 0.717) is 11.2 Å². The minimum Gasteiger partial charge on any atom is -0.237 e. The van der Waals surface area contributed by atoms with Crippen LogP contribution in [0, 0.1) is 18.3 Å². The highest BCUT2D eigenvalue weighted by molar-refractivity contribution is 5.80. The molecule has 0 bridgehead atoms. The fourth-order valence-electron chi connectivity index (χ4n) is 1.27. The Balaban J connectivity index is 2.89. The van der Waals surface area contributed by atoms with Crippen LogP contribution in [0.2, 0.25) is 0 Å². The van der Waals surface area contributed by atoms with Gasteiger partial charge in [0.1, 0.15) is 6.07 Å². The molecule has 2 rings (SSSR count). The molecule has 0 radical (unpaired) electrons. The summed E-state index contributed by atoms with van der Waals surface area (Å²) in [7, 11) is 0. The van der Waals surface area contributed by atoms with Crippen molar-refractivity contribution in [1.82, 2.24) is 9.97 Å². The third-order valence-corrected chi connectivity index (χ3v) is 2.03. The van der Waals surface area contributed by atoms with Crippen molar-refractivity contribution in [2.45, 2.75) is 6.92 Å². The molecule has 0 atom stereocenters. The highest BCUT2D eigenvalue weighted by Gasteiger charge is 2.03. The maximum Gasteiger partial charge on any atom is 0.159 e. The quantitative estimate of drug-likeness (QED) is 0.604. The first-order valence-corrected chi connectivity index (χ1v) is 3.93.